The van der Waals surface area contributed by atoms with Crippen molar-refractivity contribution in [3.05, 3.63) is 58.5 Å². The zero-order valence-electron chi connectivity index (χ0n) is 18.4. The highest BCUT2D eigenvalue weighted by Crippen LogP contribution is 2.33. The normalized spacial score (nSPS) is 16.5. The van der Waals surface area contributed by atoms with Gasteiger partial charge in [-0.25, -0.2) is 13.4 Å². The molecular weight excluding hydrogens is 460 g/mol. The molecule has 0 saturated carbocycles. The molecule has 0 unspecified atom stereocenters. The van der Waals surface area contributed by atoms with Crippen LogP contribution in [0.5, 0.6) is 11.5 Å². The molecule has 1 fully saturated rings. The molecule has 3 heterocycles. The van der Waals surface area contributed by atoms with Gasteiger partial charge in [-0.15, -0.1) is 0 Å². The van der Waals surface area contributed by atoms with Gasteiger partial charge in [0.1, 0.15) is 18.9 Å². The quantitative estimate of drug-likeness (QED) is 0.577. The number of carbonyl (C=O) groups is 1. The summed E-state index contributed by atoms with van der Waals surface area (Å²) in [5.74, 6) is 0.810. The number of nitrogens with one attached hydrogen (secondary N) is 1. The van der Waals surface area contributed by atoms with Gasteiger partial charge in [-0.1, -0.05) is 12.1 Å². The predicted octanol–water partition coefficient (Wildman–Crippen LogP) is 1.16. The molecule has 0 radical (unpaired) electrons. The first-order valence-corrected chi connectivity index (χ1v) is 12.5. The van der Waals surface area contributed by atoms with E-state index in [2.05, 4.69) is 9.97 Å². The lowest BCUT2D eigenvalue weighted by Crippen LogP contribution is -2.50. The number of nitrogens with zero attached hydrogens (tertiary/aromatic N) is 3. The molecule has 11 heteroatoms. The van der Waals surface area contributed by atoms with Gasteiger partial charge in [-0.2, -0.15) is 4.31 Å². The summed E-state index contributed by atoms with van der Waals surface area (Å²) in [5.41, 5.74) is 1.33. The van der Waals surface area contributed by atoms with E-state index in [0.29, 0.717) is 41.4 Å². The summed E-state index contributed by atoms with van der Waals surface area (Å²) in [4.78, 5) is 33.9. The highest BCUT2D eigenvalue weighted by Gasteiger charge is 2.31. The van der Waals surface area contributed by atoms with Crippen molar-refractivity contribution in [2.75, 3.05) is 39.4 Å². The van der Waals surface area contributed by atoms with E-state index in [9.17, 15) is 18.0 Å². The Morgan fingerprint density at radius 1 is 1.00 bits per heavy atom. The summed E-state index contributed by atoms with van der Waals surface area (Å²) in [6.07, 6.45) is 0.345. The van der Waals surface area contributed by atoms with Crippen LogP contribution in [0.2, 0.25) is 0 Å². The van der Waals surface area contributed by atoms with E-state index in [1.807, 2.05) is 12.1 Å². The smallest absolute Gasteiger partial charge is 0.270 e. The van der Waals surface area contributed by atoms with Gasteiger partial charge in [0.25, 0.3) is 5.56 Å². The summed E-state index contributed by atoms with van der Waals surface area (Å²) >= 11 is 0. The number of aromatic nitrogens is 2. The molecular formula is C23H24N4O6S. The number of aromatic amines is 1. The van der Waals surface area contributed by atoms with Crippen molar-refractivity contribution in [1.82, 2.24) is 19.2 Å². The molecule has 1 saturated heterocycles. The second kappa shape index (κ2) is 9.07. The topological polar surface area (TPSA) is 122 Å². The van der Waals surface area contributed by atoms with Crippen LogP contribution in [0.15, 0.2) is 52.2 Å². The Morgan fingerprint density at radius 2 is 1.74 bits per heavy atom. The van der Waals surface area contributed by atoms with Crippen molar-refractivity contribution in [2.45, 2.75) is 17.7 Å². The number of carbonyl (C=O) groups excluding carboxylic acids is 1. The molecule has 10 nitrogen and oxygen atoms in total. The number of piperazine rings is 1. The van der Waals surface area contributed by atoms with Crippen LogP contribution < -0.4 is 15.0 Å². The van der Waals surface area contributed by atoms with Gasteiger partial charge in [0.05, 0.1) is 15.9 Å². The minimum Gasteiger partial charge on any atom is -0.486 e. The minimum absolute atomic E-state index is 0.128. The van der Waals surface area contributed by atoms with E-state index in [0.717, 1.165) is 0 Å². The molecule has 2 aliphatic heterocycles. The Labute approximate surface area is 196 Å². The maximum Gasteiger partial charge on any atom is 0.270 e. The second-order valence-corrected chi connectivity index (χ2v) is 10.1. The number of sulfonamides is 1. The first-order chi connectivity index (χ1) is 16.4. The molecule has 178 valence electrons. The maximum absolute atomic E-state index is 13.1. The fourth-order valence-corrected chi connectivity index (χ4v) is 5.57. The lowest BCUT2D eigenvalue weighted by atomic mass is 10.2. The number of fused-ring (bicyclic) bond motifs is 2. The summed E-state index contributed by atoms with van der Waals surface area (Å²) in [6, 6.07) is 11.8. The third kappa shape index (κ3) is 4.36. The van der Waals surface area contributed by atoms with Crippen molar-refractivity contribution in [1.29, 1.82) is 0 Å². The van der Waals surface area contributed by atoms with Crippen molar-refractivity contribution < 1.29 is 22.7 Å². The molecule has 1 amide bonds. The third-order valence-electron chi connectivity index (χ3n) is 5.99. The number of amides is 1. The van der Waals surface area contributed by atoms with Gasteiger partial charge in [0.2, 0.25) is 15.9 Å². The van der Waals surface area contributed by atoms with Gasteiger partial charge < -0.3 is 19.4 Å². The molecule has 5 rings (SSSR count). The molecule has 0 spiro atoms. The van der Waals surface area contributed by atoms with Crippen molar-refractivity contribution in [2.24, 2.45) is 0 Å². The Hall–Kier alpha value is -3.44. The van der Waals surface area contributed by atoms with Crippen molar-refractivity contribution in [3.63, 3.8) is 0 Å². The number of rotatable bonds is 5. The zero-order valence-corrected chi connectivity index (χ0v) is 19.2. The molecule has 2 aliphatic rings. The van der Waals surface area contributed by atoms with Gasteiger partial charge in [-0.3, -0.25) is 9.59 Å². The summed E-state index contributed by atoms with van der Waals surface area (Å²) < 4.78 is 38.5. The summed E-state index contributed by atoms with van der Waals surface area (Å²) in [5, 5.41) is 0. The summed E-state index contributed by atoms with van der Waals surface area (Å²) in [6.45, 7) is 1.75. The van der Waals surface area contributed by atoms with Crippen LogP contribution in [0.25, 0.3) is 11.0 Å². The largest absolute Gasteiger partial charge is 0.486 e. The van der Waals surface area contributed by atoms with E-state index in [1.165, 1.54) is 16.4 Å². The van der Waals surface area contributed by atoms with E-state index in [-0.39, 0.29) is 55.4 Å². The fraction of sp³-hybridized carbons (Fsp3) is 0.348. The van der Waals surface area contributed by atoms with Crippen LogP contribution in [0.3, 0.4) is 0 Å². The molecule has 0 atom stereocenters. The van der Waals surface area contributed by atoms with Gasteiger partial charge in [0, 0.05) is 45.1 Å². The number of para-hydroxylation sites is 2. The zero-order chi connectivity index (χ0) is 23.7. The van der Waals surface area contributed by atoms with Crippen LogP contribution in [-0.4, -0.2) is 72.9 Å². The van der Waals surface area contributed by atoms with E-state index in [4.69, 9.17) is 9.47 Å². The van der Waals surface area contributed by atoms with Crippen LogP contribution in [-0.2, 0) is 21.2 Å². The number of aryl methyl sites for hydroxylation is 1. The van der Waals surface area contributed by atoms with E-state index >= 15 is 0 Å². The molecule has 2 aromatic carbocycles. The van der Waals surface area contributed by atoms with Crippen molar-refractivity contribution >= 4 is 27.0 Å². The third-order valence-corrected chi connectivity index (χ3v) is 7.88. The average Bonchev–Trinajstić information content (AvgIpc) is 2.87. The molecule has 1 aromatic heterocycles. The Morgan fingerprint density at radius 3 is 2.53 bits per heavy atom. The number of ether oxygens (including phenoxy) is 2. The predicted molar refractivity (Wildman–Crippen MR) is 123 cm³/mol. The van der Waals surface area contributed by atoms with Crippen LogP contribution >= 0.6 is 0 Å². The van der Waals surface area contributed by atoms with E-state index < -0.39 is 10.0 Å². The first kappa shape index (κ1) is 22.4. The van der Waals surface area contributed by atoms with Crippen LogP contribution in [0.1, 0.15) is 12.1 Å². The molecule has 0 bridgehead atoms. The number of benzene rings is 2. The van der Waals surface area contributed by atoms with Gasteiger partial charge in [-0.05, 0) is 24.3 Å². The standard InChI is InChI=1S/C23H24N4O6S/c28-22(8-6-19-23(29)25-18-4-2-1-3-17(18)24-19)26-9-11-27(12-10-26)34(30,31)16-5-7-20-21(15-16)33-14-13-32-20/h1-5,7,15H,6,8-14H2,(H,25,29). The van der Waals surface area contributed by atoms with Crippen molar-refractivity contribution in [3.8, 4) is 11.5 Å². The highest BCUT2D eigenvalue weighted by molar-refractivity contribution is 7.89. The highest BCUT2D eigenvalue weighted by atomic mass is 32.2. The molecule has 1 N–H and O–H groups in total. The average molecular weight is 485 g/mol. The van der Waals surface area contributed by atoms with Crippen LogP contribution in [0, 0.1) is 0 Å². The SMILES string of the molecule is O=C(CCc1nc2ccccc2[nH]c1=O)N1CCN(S(=O)(=O)c2ccc3c(c2)OCCO3)CC1. The fourth-order valence-electron chi connectivity index (χ4n) is 4.13. The van der Waals surface area contributed by atoms with E-state index in [1.54, 1.807) is 23.1 Å². The molecule has 34 heavy (non-hydrogen) atoms. The first-order valence-electron chi connectivity index (χ1n) is 11.1. The maximum atomic E-state index is 13.1. The lowest BCUT2D eigenvalue weighted by molar-refractivity contribution is -0.132. The molecule has 0 aliphatic carbocycles. The van der Waals surface area contributed by atoms with Gasteiger partial charge >= 0.3 is 0 Å². The molecule has 3 aromatic rings. The Balaban J connectivity index is 1.20. The number of hydrogen-bond donors (Lipinski definition) is 1. The minimum atomic E-state index is -3.72. The van der Waals surface area contributed by atoms with Crippen LogP contribution in [0.4, 0.5) is 0 Å². The Bertz CT molecular complexity index is 1400. The monoisotopic (exact) mass is 484 g/mol. The van der Waals surface area contributed by atoms with Gasteiger partial charge in [0.15, 0.2) is 11.5 Å². The Kier molecular flexibility index (Phi) is 5.96. The summed E-state index contributed by atoms with van der Waals surface area (Å²) in [7, 11) is -3.72. The number of hydrogen-bond acceptors (Lipinski definition) is 7. The number of H-pyrrole nitrogens is 1. The lowest BCUT2D eigenvalue weighted by Gasteiger charge is -2.34. The second-order valence-electron chi connectivity index (χ2n) is 8.12.